The number of carbonyl (C=O) groups is 1. The van der Waals surface area contributed by atoms with Gasteiger partial charge >= 0.3 is 5.97 Å². The van der Waals surface area contributed by atoms with Gasteiger partial charge in [-0.25, -0.2) is 4.79 Å². The Morgan fingerprint density at radius 3 is 2.77 bits per heavy atom. The van der Waals surface area contributed by atoms with Gasteiger partial charge in [0.05, 0.1) is 0 Å². The molecule has 0 aromatic heterocycles. The molecular weight excluding hydrogens is 172 g/mol. The second-order valence-electron chi connectivity index (χ2n) is 2.93. The molecule has 4 nitrogen and oxygen atoms in total. The van der Waals surface area contributed by atoms with E-state index < -0.39 is 12.3 Å². The lowest BCUT2D eigenvalue weighted by molar-refractivity contribution is -0.144. The van der Waals surface area contributed by atoms with E-state index in [0.717, 1.165) is 6.42 Å². The normalized spacial score (nSPS) is 25.4. The van der Waals surface area contributed by atoms with Gasteiger partial charge in [0.2, 0.25) is 6.29 Å². The minimum Gasteiger partial charge on any atom is -0.427 e. The minimum absolute atomic E-state index is 0.366. The Morgan fingerprint density at radius 1 is 1.54 bits per heavy atom. The van der Waals surface area contributed by atoms with E-state index in [1.807, 2.05) is 6.92 Å². The van der Waals surface area contributed by atoms with Crippen molar-refractivity contribution >= 4 is 5.97 Å². The Labute approximate surface area is 77.5 Å². The van der Waals surface area contributed by atoms with Gasteiger partial charge in [-0.1, -0.05) is 13.5 Å². The van der Waals surface area contributed by atoms with Crippen LogP contribution in [0.4, 0.5) is 0 Å². The maximum absolute atomic E-state index is 11.0. The lowest BCUT2D eigenvalue weighted by Gasteiger charge is -1.99. The molecule has 0 aliphatic carbocycles. The average Bonchev–Trinajstić information content (AvgIpc) is 2.80. The van der Waals surface area contributed by atoms with Crippen molar-refractivity contribution in [2.45, 2.75) is 32.8 Å². The second-order valence-corrected chi connectivity index (χ2v) is 2.93. The fraction of sp³-hybridized carbons (Fsp3) is 0.667. The predicted octanol–water partition coefficient (Wildman–Crippen LogP) is 1.21. The van der Waals surface area contributed by atoms with E-state index in [4.69, 9.17) is 14.2 Å². The molecule has 0 spiro atoms. The quantitative estimate of drug-likeness (QED) is 0.368. The van der Waals surface area contributed by atoms with E-state index >= 15 is 0 Å². The van der Waals surface area contributed by atoms with E-state index in [1.54, 1.807) is 6.92 Å². The number of ether oxygens (including phenoxy) is 3. The molecule has 4 heteroatoms. The molecule has 1 aliphatic rings. The van der Waals surface area contributed by atoms with E-state index in [9.17, 15) is 4.79 Å². The Balaban J connectivity index is 2.13. The lowest BCUT2D eigenvalue weighted by atomic mass is 10.4. The van der Waals surface area contributed by atoms with Gasteiger partial charge in [0, 0.05) is 12.2 Å². The SMILES string of the molecule is C=C(C)C(=O)OC1OC1OCCC. The van der Waals surface area contributed by atoms with Crippen molar-refractivity contribution in [1.82, 2.24) is 0 Å². The molecule has 0 bridgehead atoms. The molecule has 0 amide bonds. The highest BCUT2D eigenvalue weighted by atomic mass is 16.9. The first kappa shape index (κ1) is 10.2. The van der Waals surface area contributed by atoms with Gasteiger partial charge in [0.25, 0.3) is 6.29 Å². The Kier molecular flexibility index (Phi) is 3.45. The van der Waals surface area contributed by atoms with E-state index in [-0.39, 0.29) is 6.29 Å². The molecular formula is C9H14O4. The van der Waals surface area contributed by atoms with Crippen LogP contribution in [0.5, 0.6) is 0 Å². The van der Waals surface area contributed by atoms with Gasteiger partial charge in [-0.3, -0.25) is 0 Å². The average molecular weight is 186 g/mol. The molecule has 0 aromatic rings. The van der Waals surface area contributed by atoms with Crippen molar-refractivity contribution in [1.29, 1.82) is 0 Å². The Hall–Kier alpha value is -0.870. The highest BCUT2D eigenvalue weighted by Crippen LogP contribution is 2.25. The summed E-state index contributed by atoms with van der Waals surface area (Å²) in [6.07, 6.45) is 0.0140. The first-order valence-corrected chi connectivity index (χ1v) is 4.28. The summed E-state index contributed by atoms with van der Waals surface area (Å²) in [6, 6.07) is 0. The van der Waals surface area contributed by atoms with Crippen molar-refractivity contribution in [3.8, 4) is 0 Å². The smallest absolute Gasteiger partial charge is 0.335 e. The summed E-state index contributed by atoms with van der Waals surface area (Å²) in [6.45, 7) is 7.66. The fourth-order valence-corrected chi connectivity index (χ4v) is 0.728. The summed E-state index contributed by atoms with van der Waals surface area (Å²) < 4.78 is 14.9. The zero-order valence-electron chi connectivity index (χ0n) is 7.91. The summed E-state index contributed by atoms with van der Waals surface area (Å²) in [4.78, 5) is 11.0. The van der Waals surface area contributed by atoms with Crippen LogP contribution in [0.2, 0.25) is 0 Å². The summed E-state index contributed by atoms with van der Waals surface area (Å²) in [5.74, 6) is -0.437. The molecule has 74 valence electrons. The van der Waals surface area contributed by atoms with Crippen LogP contribution >= 0.6 is 0 Å². The van der Waals surface area contributed by atoms with Crippen molar-refractivity contribution < 1.29 is 19.0 Å². The third kappa shape index (κ3) is 3.16. The third-order valence-electron chi connectivity index (χ3n) is 1.47. The summed E-state index contributed by atoms with van der Waals surface area (Å²) in [7, 11) is 0. The van der Waals surface area contributed by atoms with Crippen LogP contribution in [0.3, 0.4) is 0 Å². The van der Waals surface area contributed by atoms with Crippen LogP contribution < -0.4 is 0 Å². The Bertz CT molecular complexity index is 212. The van der Waals surface area contributed by atoms with E-state index in [0.29, 0.717) is 12.2 Å². The standard InChI is InChI=1S/C9H14O4/c1-4-5-11-8-9(13-8)12-7(10)6(2)3/h8-9H,2,4-5H2,1,3H3. The highest BCUT2D eigenvalue weighted by molar-refractivity contribution is 5.87. The summed E-state index contributed by atoms with van der Waals surface area (Å²) >= 11 is 0. The summed E-state index contributed by atoms with van der Waals surface area (Å²) in [5.41, 5.74) is 0.366. The van der Waals surface area contributed by atoms with Crippen LogP contribution in [-0.2, 0) is 19.0 Å². The number of rotatable bonds is 5. The first-order valence-electron chi connectivity index (χ1n) is 4.28. The zero-order valence-corrected chi connectivity index (χ0v) is 7.91. The number of hydrogen-bond donors (Lipinski definition) is 0. The first-order chi connectivity index (χ1) is 6.15. The summed E-state index contributed by atoms with van der Waals surface area (Å²) in [5, 5.41) is 0. The molecule has 2 atom stereocenters. The zero-order chi connectivity index (χ0) is 9.84. The fourth-order valence-electron chi connectivity index (χ4n) is 0.728. The van der Waals surface area contributed by atoms with Gasteiger partial charge in [-0.05, 0) is 13.3 Å². The van der Waals surface area contributed by atoms with E-state index in [1.165, 1.54) is 0 Å². The van der Waals surface area contributed by atoms with Crippen molar-refractivity contribution in [3.05, 3.63) is 12.2 Å². The molecule has 0 radical (unpaired) electrons. The van der Waals surface area contributed by atoms with Gasteiger partial charge < -0.3 is 14.2 Å². The molecule has 1 aliphatic heterocycles. The maximum atomic E-state index is 11.0. The van der Waals surface area contributed by atoms with Crippen LogP contribution in [0.15, 0.2) is 12.2 Å². The molecule has 1 fully saturated rings. The highest BCUT2D eigenvalue weighted by Gasteiger charge is 2.43. The monoisotopic (exact) mass is 186 g/mol. The molecule has 1 heterocycles. The van der Waals surface area contributed by atoms with Crippen molar-refractivity contribution in [2.24, 2.45) is 0 Å². The van der Waals surface area contributed by atoms with Gasteiger partial charge in [0.1, 0.15) is 0 Å². The van der Waals surface area contributed by atoms with Crippen LogP contribution in [0, 0.1) is 0 Å². The Morgan fingerprint density at radius 2 is 2.23 bits per heavy atom. The molecule has 0 saturated carbocycles. The largest absolute Gasteiger partial charge is 0.427 e. The molecule has 0 aromatic carbocycles. The van der Waals surface area contributed by atoms with Gasteiger partial charge in [-0.15, -0.1) is 0 Å². The molecule has 0 N–H and O–H groups in total. The van der Waals surface area contributed by atoms with Crippen molar-refractivity contribution in [2.75, 3.05) is 6.61 Å². The second kappa shape index (κ2) is 4.39. The van der Waals surface area contributed by atoms with Gasteiger partial charge in [0.15, 0.2) is 0 Å². The van der Waals surface area contributed by atoms with Crippen molar-refractivity contribution in [3.63, 3.8) is 0 Å². The lowest BCUT2D eigenvalue weighted by Crippen LogP contribution is -2.11. The molecule has 13 heavy (non-hydrogen) atoms. The topological polar surface area (TPSA) is 48.1 Å². The van der Waals surface area contributed by atoms with Gasteiger partial charge in [-0.2, -0.15) is 0 Å². The minimum atomic E-state index is -0.532. The predicted molar refractivity (Wildman–Crippen MR) is 45.8 cm³/mol. The number of esters is 1. The number of carbonyl (C=O) groups excluding carboxylic acids is 1. The van der Waals surface area contributed by atoms with Crippen LogP contribution in [-0.4, -0.2) is 25.2 Å². The molecule has 2 unspecified atom stereocenters. The number of hydrogen-bond acceptors (Lipinski definition) is 4. The molecule has 1 rings (SSSR count). The van der Waals surface area contributed by atoms with E-state index in [2.05, 4.69) is 6.58 Å². The van der Waals surface area contributed by atoms with Crippen LogP contribution in [0.25, 0.3) is 0 Å². The molecule has 1 saturated heterocycles. The number of epoxide rings is 1. The third-order valence-corrected chi connectivity index (χ3v) is 1.47. The maximum Gasteiger partial charge on any atom is 0.335 e. The van der Waals surface area contributed by atoms with Crippen LogP contribution in [0.1, 0.15) is 20.3 Å².